The number of halogens is 1. The van der Waals surface area contributed by atoms with Crippen molar-refractivity contribution in [3.05, 3.63) is 69.0 Å². The molecule has 8 heteroatoms. The second-order valence-corrected chi connectivity index (χ2v) is 8.81. The summed E-state index contributed by atoms with van der Waals surface area (Å²) in [6, 6.07) is 12.9. The lowest BCUT2D eigenvalue weighted by atomic mass is 10.0. The van der Waals surface area contributed by atoms with Crippen LogP contribution in [0.4, 0.5) is 5.00 Å². The van der Waals surface area contributed by atoms with E-state index in [1.54, 1.807) is 38.5 Å². The van der Waals surface area contributed by atoms with Crippen molar-refractivity contribution >= 4 is 50.2 Å². The van der Waals surface area contributed by atoms with E-state index in [0.717, 1.165) is 26.0 Å². The molecule has 0 bridgehead atoms. The van der Waals surface area contributed by atoms with Crippen LogP contribution < -0.4 is 14.8 Å². The van der Waals surface area contributed by atoms with E-state index >= 15 is 0 Å². The molecular weight excluding hydrogens is 494 g/mol. The first kappa shape index (κ1) is 23.6. The molecular formula is C24H22BrNO5S. The van der Waals surface area contributed by atoms with Crippen molar-refractivity contribution in [2.24, 2.45) is 0 Å². The van der Waals surface area contributed by atoms with Gasteiger partial charge >= 0.3 is 5.97 Å². The Balaban J connectivity index is 1.91. The summed E-state index contributed by atoms with van der Waals surface area (Å²) in [6.07, 6.45) is 3.03. The van der Waals surface area contributed by atoms with Crippen molar-refractivity contribution < 1.29 is 23.8 Å². The third-order valence-corrected chi connectivity index (χ3v) is 6.25. The molecule has 0 aliphatic rings. The van der Waals surface area contributed by atoms with Gasteiger partial charge in [0, 0.05) is 32.6 Å². The Morgan fingerprint density at radius 3 is 2.38 bits per heavy atom. The van der Waals surface area contributed by atoms with E-state index in [1.807, 2.05) is 31.2 Å². The lowest BCUT2D eigenvalue weighted by Crippen LogP contribution is -2.11. The first-order valence-electron chi connectivity index (χ1n) is 9.56. The lowest BCUT2D eigenvalue weighted by molar-refractivity contribution is -0.111. The number of hydrogen-bond donors (Lipinski definition) is 1. The Hall–Kier alpha value is -3.10. The highest BCUT2D eigenvalue weighted by molar-refractivity contribution is 9.10. The van der Waals surface area contributed by atoms with E-state index in [4.69, 9.17) is 14.2 Å². The summed E-state index contributed by atoms with van der Waals surface area (Å²) in [4.78, 5) is 26.1. The Bertz CT molecular complexity index is 1170. The maximum absolute atomic E-state index is 12.7. The zero-order chi connectivity index (χ0) is 23.3. The molecule has 6 nitrogen and oxygen atoms in total. The maximum atomic E-state index is 12.7. The van der Waals surface area contributed by atoms with Crippen molar-refractivity contribution in [3.8, 4) is 22.6 Å². The number of benzene rings is 2. The number of methoxy groups -OCH3 is 3. The van der Waals surface area contributed by atoms with Gasteiger partial charge in [0.05, 0.1) is 21.3 Å². The zero-order valence-corrected chi connectivity index (χ0v) is 20.4. The van der Waals surface area contributed by atoms with Crippen molar-refractivity contribution in [1.29, 1.82) is 0 Å². The van der Waals surface area contributed by atoms with Crippen LogP contribution in [-0.4, -0.2) is 33.2 Å². The van der Waals surface area contributed by atoms with Crippen LogP contribution in [0.15, 0.2) is 53.0 Å². The van der Waals surface area contributed by atoms with Crippen LogP contribution in [0.2, 0.25) is 0 Å². The summed E-state index contributed by atoms with van der Waals surface area (Å²) >= 11 is 4.75. The van der Waals surface area contributed by atoms with Gasteiger partial charge in [0.15, 0.2) is 0 Å². The molecule has 1 N–H and O–H groups in total. The molecule has 3 rings (SSSR count). The highest BCUT2D eigenvalue weighted by atomic mass is 79.9. The first-order chi connectivity index (χ1) is 15.4. The molecule has 0 atom stereocenters. The fourth-order valence-corrected chi connectivity index (χ4v) is 4.50. The highest BCUT2D eigenvalue weighted by Crippen LogP contribution is 2.40. The summed E-state index contributed by atoms with van der Waals surface area (Å²) in [6.45, 7) is 1.90. The van der Waals surface area contributed by atoms with E-state index in [1.165, 1.54) is 24.5 Å². The average Bonchev–Trinajstić information content (AvgIpc) is 3.12. The van der Waals surface area contributed by atoms with Gasteiger partial charge in [-0.3, -0.25) is 4.79 Å². The van der Waals surface area contributed by atoms with Gasteiger partial charge in [-0.2, -0.15) is 0 Å². The Morgan fingerprint density at radius 2 is 1.75 bits per heavy atom. The Kier molecular flexibility index (Phi) is 7.71. The number of nitrogens with one attached hydrogen (secondary N) is 1. The number of hydrogen-bond acceptors (Lipinski definition) is 6. The summed E-state index contributed by atoms with van der Waals surface area (Å²) in [5.74, 6) is 0.342. The number of amides is 1. The fraction of sp³-hybridized carbons (Fsp3) is 0.167. The minimum absolute atomic E-state index is 0.334. The van der Waals surface area contributed by atoms with Gasteiger partial charge in [-0.1, -0.05) is 28.1 Å². The quantitative estimate of drug-likeness (QED) is 0.311. The van der Waals surface area contributed by atoms with Crippen LogP contribution in [0.25, 0.3) is 17.2 Å². The number of rotatable bonds is 7. The maximum Gasteiger partial charge on any atom is 0.341 e. The Morgan fingerprint density at radius 1 is 1.03 bits per heavy atom. The van der Waals surface area contributed by atoms with Crippen molar-refractivity contribution in [1.82, 2.24) is 0 Å². The molecule has 32 heavy (non-hydrogen) atoms. The third-order valence-electron chi connectivity index (χ3n) is 4.70. The topological polar surface area (TPSA) is 73.9 Å². The molecule has 2 aromatic carbocycles. The summed E-state index contributed by atoms with van der Waals surface area (Å²) in [7, 11) is 4.44. The number of esters is 1. The number of carbonyl (C=O) groups excluding carboxylic acids is 2. The van der Waals surface area contributed by atoms with E-state index in [-0.39, 0.29) is 5.91 Å². The molecule has 166 valence electrons. The molecule has 0 saturated carbocycles. The predicted octanol–water partition coefficient (Wildman–Crippen LogP) is 5.94. The van der Waals surface area contributed by atoms with Gasteiger partial charge < -0.3 is 19.5 Å². The normalized spacial score (nSPS) is 10.8. The zero-order valence-electron chi connectivity index (χ0n) is 18.0. The van der Waals surface area contributed by atoms with Gasteiger partial charge in [0.2, 0.25) is 5.91 Å². The van der Waals surface area contributed by atoms with Crippen molar-refractivity contribution in [3.63, 3.8) is 0 Å². The number of anilines is 1. The second kappa shape index (κ2) is 10.5. The Labute approximate surface area is 198 Å². The molecule has 0 radical (unpaired) electrons. The number of ether oxygens (including phenoxy) is 3. The summed E-state index contributed by atoms with van der Waals surface area (Å²) in [5.41, 5.74) is 2.66. The van der Waals surface area contributed by atoms with Crippen LogP contribution >= 0.6 is 27.3 Å². The molecule has 3 aromatic rings. The first-order valence-corrected chi connectivity index (χ1v) is 11.2. The highest BCUT2D eigenvalue weighted by Gasteiger charge is 2.24. The largest absolute Gasteiger partial charge is 0.497 e. The molecule has 0 unspecified atom stereocenters. The number of carbonyl (C=O) groups is 2. The molecule has 1 heterocycles. The van der Waals surface area contributed by atoms with Gasteiger partial charge in [0.1, 0.15) is 22.1 Å². The molecule has 1 amide bonds. The number of thiophene rings is 1. The third kappa shape index (κ3) is 5.20. The lowest BCUT2D eigenvalue weighted by Gasteiger charge is -2.08. The van der Waals surface area contributed by atoms with Gasteiger partial charge in [-0.15, -0.1) is 11.3 Å². The van der Waals surface area contributed by atoms with Gasteiger partial charge in [-0.05, 0) is 42.8 Å². The molecule has 0 fully saturated rings. The van der Waals surface area contributed by atoms with Crippen molar-refractivity contribution in [2.45, 2.75) is 6.92 Å². The minimum Gasteiger partial charge on any atom is -0.497 e. The fourth-order valence-electron chi connectivity index (χ4n) is 3.17. The van der Waals surface area contributed by atoms with Gasteiger partial charge in [-0.25, -0.2) is 4.79 Å². The SMILES string of the molecule is COC(=O)c1c(NC(=O)/C=C/c2ccc(OC)cc2OC)sc(C)c1-c1ccc(Br)cc1. The molecule has 1 aromatic heterocycles. The molecule has 0 spiro atoms. The van der Waals surface area contributed by atoms with Crippen LogP contribution in [0.1, 0.15) is 20.8 Å². The van der Waals surface area contributed by atoms with Crippen molar-refractivity contribution in [2.75, 3.05) is 26.6 Å². The average molecular weight is 516 g/mol. The smallest absolute Gasteiger partial charge is 0.341 e. The number of aryl methyl sites for hydroxylation is 1. The van der Waals surface area contributed by atoms with Gasteiger partial charge in [0.25, 0.3) is 0 Å². The summed E-state index contributed by atoms with van der Waals surface area (Å²) < 4.78 is 16.5. The van der Waals surface area contributed by atoms with E-state index in [2.05, 4.69) is 21.2 Å². The second-order valence-electron chi connectivity index (χ2n) is 6.67. The standard InChI is InChI=1S/C24H22BrNO5S/c1-14-21(16-5-9-17(25)10-6-16)22(24(28)31-4)23(32-14)26-20(27)12-8-15-7-11-18(29-2)13-19(15)30-3/h5-13H,1-4H3,(H,26,27)/b12-8+. The predicted molar refractivity (Wildman–Crippen MR) is 131 cm³/mol. The van der Waals surface area contributed by atoms with E-state index < -0.39 is 5.97 Å². The van der Waals surface area contributed by atoms with Crippen LogP contribution in [0, 0.1) is 6.92 Å². The molecule has 0 aliphatic carbocycles. The van der Waals surface area contributed by atoms with E-state index in [9.17, 15) is 9.59 Å². The monoisotopic (exact) mass is 515 g/mol. The summed E-state index contributed by atoms with van der Waals surface area (Å²) in [5, 5.41) is 3.25. The minimum atomic E-state index is -0.511. The van der Waals surface area contributed by atoms with Crippen LogP contribution in [-0.2, 0) is 9.53 Å². The molecule has 0 saturated heterocycles. The molecule has 0 aliphatic heterocycles. The van der Waals surface area contributed by atoms with E-state index in [0.29, 0.717) is 22.1 Å². The van der Waals surface area contributed by atoms with Crippen LogP contribution in [0.3, 0.4) is 0 Å². The van der Waals surface area contributed by atoms with Crippen LogP contribution in [0.5, 0.6) is 11.5 Å².